The lowest BCUT2D eigenvalue weighted by atomic mass is 9.84. The van der Waals surface area contributed by atoms with Crippen LogP contribution in [-0.2, 0) is 9.59 Å². The largest absolute Gasteiger partial charge is 0.356 e. The maximum Gasteiger partial charge on any atom is 0.225 e. The molecule has 0 bridgehead atoms. The van der Waals surface area contributed by atoms with Gasteiger partial charge in [0.15, 0.2) is 0 Å². The van der Waals surface area contributed by atoms with Gasteiger partial charge < -0.3 is 10.2 Å². The molecule has 0 aromatic heterocycles. The van der Waals surface area contributed by atoms with E-state index in [-0.39, 0.29) is 35.4 Å². The lowest BCUT2D eigenvalue weighted by molar-refractivity contribution is -0.136. The summed E-state index contributed by atoms with van der Waals surface area (Å²) in [6.45, 7) is 1.27. The van der Waals surface area contributed by atoms with Crippen molar-refractivity contribution in [2.24, 2.45) is 11.8 Å². The molecule has 24 heavy (non-hydrogen) atoms. The van der Waals surface area contributed by atoms with E-state index >= 15 is 0 Å². The number of amides is 2. The first-order valence-corrected chi connectivity index (χ1v) is 8.84. The minimum absolute atomic E-state index is 0.00444. The van der Waals surface area contributed by atoms with Crippen LogP contribution in [0.1, 0.15) is 43.6 Å². The molecule has 2 aliphatic rings. The Kier molecular flexibility index (Phi) is 5.17. The second-order valence-electron chi connectivity index (χ2n) is 7.03. The van der Waals surface area contributed by atoms with Crippen LogP contribution in [0.4, 0.5) is 4.39 Å². The third kappa shape index (κ3) is 3.94. The third-order valence-electron chi connectivity index (χ3n) is 5.23. The molecule has 2 amide bonds. The van der Waals surface area contributed by atoms with Gasteiger partial charge in [-0.2, -0.15) is 0 Å². The highest BCUT2D eigenvalue weighted by Gasteiger charge is 2.43. The number of hydrogen-bond acceptors (Lipinski definition) is 2. The standard InChI is InChI=1S/C19H25FN2O2/c1-22(19(24)14-4-2-5-14)11-3-10-21-18(23)17-12-16(17)13-6-8-15(20)9-7-13/h6-9,14,16-17H,2-5,10-12H2,1H3,(H,21,23)/t16-,17+/m1/s1. The van der Waals surface area contributed by atoms with Crippen LogP contribution in [0.3, 0.4) is 0 Å². The van der Waals surface area contributed by atoms with Crippen molar-refractivity contribution in [3.05, 3.63) is 35.6 Å². The fraction of sp³-hybridized carbons (Fsp3) is 0.579. The Morgan fingerprint density at radius 1 is 1.25 bits per heavy atom. The van der Waals surface area contributed by atoms with Crippen molar-refractivity contribution >= 4 is 11.8 Å². The smallest absolute Gasteiger partial charge is 0.225 e. The van der Waals surface area contributed by atoms with Crippen LogP contribution < -0.4 is 5.32 Å². The van der Waals surface area contributed by atoms with Crippen molar-refractivity contribution in [2.75, 3.05) is 20.1 Å². The molecule has 0 radical (unpaired) electrons. The van der Waals surface area contributed by atoms with E-state index in [1.165, 1.54) is 12.1 Å². The van der Waals surface area contributed by atoms with Gasteiger partial charge in [-0.15, -0.1) is 0 Å². The molecule has 3 rings (SSSR count). The van der Waals surface area contributed by atoms with Crippen LogP contribution in [-0.4, -0.2) is 36.9 Å². The zero-order chi connectivity index (χ0) is 17.1. The molecule has 2 saturated carbocycles. The number of carbonyl (C=O) groups is 2. The summed E-state index contributed by atoms with van der Waals surface area (Å²) in [7, 11) is 1.84. The van der Waals surface area contributed by atoms with Gasteiger partial charge in [0.05, 0.1) is 0 Å². The summed E-state index contributed by atoms with van der Waals surface area (Å²) in [6.07, 6.45) is 4.81. The van der Waals surface area contributed by atoms with Gasteiger partial charge in [0.25, 0.3) is 0 Å². The monoisotopic (exact) mass is 332 g/mol. The normalized spacial score (nSPS) is 22.6. The van der Waals surface area contributed by atoms with Gasteiger partial charge in [-0.05, 0) is 49.3 Å². The molecular weight excluding hydrogens is 307 g/mol. The molecule has 2 fully saturated rings. The minimum Gasteiger partial charge on any atom is -0.356 e. The average Bonchev–Trinajstić information content (AvgIpc) is 3.30. The summed E-state index contributed by atoms with van der Waals surface area (Å²) < 4.78 is 12.9. The Morgan fingerprint density at radius 2 is 1.96 bits per heavy atom. The zero-order valence-electron chi connectivity index (χ0n) is 14.1. The number of hydrogen-bond donors (Lipinski definition) is 1. The Bertz CT molecular complexity index is 598. The lowest BCUT2D eigenvalue weighted by Gasteiger charge is -2.29. The van der Waals surface area contributed by atoms with Crippen LogP contribution >= 0.6 is 0 Å². The molecule has 0 spiro atoms. The second kappa shape index (κ2) is 7.32. The molecule has 2 atom stereocenters. The number of halogens is 1. The molecule has 130 valence electrons. The Hall–Kier alpha value is -1.91. The predicted molar refractivity (Wildman–Crippen MR) is 89.9 cm³/mol. The number of carbonyl (C=O) groups excluding carboxylic acids is 2. The van der Waals surface area contributed by atoms with E-state index in [1.807, 2.05) is 7.05 Å². The van der Waals surface area contributed by atoms with Gasteiger partial charge in [0, 0.05) is 32.0 Å². The Balaban J connectivity index is 1.33. The molecular formula is C19H25FN2O2. The van der Waals surface area contributed by atoms with Crippen molar-refractivity contribution < 1.29 is 14.0 Å². The Labute approximate surface area is 142 Å². The number of nitrogens with one attached hydrogen (secondary N) is 1. The zero-order valence-corrected chi connectivity index (χ0v) is 14.1. The molecule has 0 heterocycles. The minimum atomic E-state index is -0.249. The fourth-order valence-corrected chi connectivity index (χ4v) is 3.30. The highest BCUT2D eigenvalue weighted by atomic mass is 19.1. The fourth-order valence-electron chi connectivity index (χ4n) is 3.30. The predicted octanol–water partition coefficient (Wildman–Crippen LogP) is 2.69. The first kappa shape index (κ1) is 16.9. The van der Waals surface area contributed by atoms with Gasteiger partial charge in [-0.25, -0.2) is 4.39 Å². The van der Waals surface area contributed by atoms with E-state index in [4.69, 9.17) is 0 Å². The van der Waals surface area contributed by atoms with Crippen molar-refractivity contribution in [3.63, 3.8) is 0 Å². The molecule has 1 N–H and O–H groups in total. The van der Waals surface area contributed by atoms with Gasteiger partial charge in [0.1, 0.15) is 5.82 Å². The van der Waals surface area contributed by atoms with E-state index in [0.717, 1.165) is 37.7 Å². The first-order chi connectivity index (χ1) is 11.6. The van der Waals surface area contributed by atoms with E-state index in [9.17, 15) is 14.0 Å². The van der Waals surface area contributed by atoms with Crippen LogP contribution in [0.2, 0.25) is 0 Å². The van der Waals surface area contributed by atoms with E-state index < -0.39 is 0 Å². The Morgan fingerprint density at radius 3 is 2.58 bits per heavy atom. The van der Waals surface area contributed by atoms with Gasteiger partial charge in [0.2, 0.25) is 11.8 Å². The van der Waals surface area contributed by atoms with Crippen molar-refractivity contribution in [3.8, 4) is 0 Å². The van der Waals surface area contributed by atoms with E-state index in [2.05, 4.69) is 5.32 Å². The molecule has 4 nitrogen and oxygen atoms in total. The van der Waals surface area contributed by atoms with Gasteiger partial charge in [-0.1, -0.05) is 18.6 Å². The number of rotatable bonds is 7. The van der Waals surface area contributed by atoms with Crippen LogP contribution in [0.15, 0.2) is 24.3 Å². The maximum atomic E-state index is 12.9. The number of nitrogens with zero attached hydrogens (tertiary/aromatic N) is 1. The lowest BCUT2D eigenvalue weighted by Crippen LogP contribution is -2.38. The molecule has 5 heteroatoms. The molecule has 1 aromatic carbocycles. The van der Waals surface area contributed by atoms with Crippen molar-refractivity contribution in [2.45, 2.75) is 38.0 Å². The summed E-state index contributed by atoms with van der Waals surface area (Å²) in [5.41, 5.74) is 1.03. The second-order valence-corrected chi connectivity index (χ2v) is 7.03. The summed E-state index contributed by atoms with van der Waals surface area (Å²) >= 11 is 0. The topological polar surface area (TPSA) is 49.4 Å². The SMILES string of the molecule is CN(CCCNC(=O)[C@H]1C[C@@H]1c1ccc(F)cc1)C(=O)C1CCC1. The van der Waals surface area contributed by atoms with Gasteiger partial charge >= 0.3 is 0 Å². The van der Waals surface area contributed by atoms with E-state index in [0.29, 0.717) is 13.1 Å². The van der Waals surface area contributed by atoms with Crippen LogP contribution in [0.5, 0.6) is 0 Å². The van der Waals surface area contributed by atoms with Crippen LogP contribution in [0, 0.1) is 17.7 Å². The van der Waals surface area contributed by atoms with Crippen LogP contribution in [0.25, 0.3) is 0 Å². The molecule has 1 aromatic rings. The third-order valence-corrected chi connectivity index (χ3v) is 5.23. The average molecular weight is 332 g/mol. The quantitative estimate of drug-likeness (QED) is 0.781. The molecule has 0 unspecified atom stereocenters. The highest BCUT2D eigenvalue weighted by molar-refractivity contribution is 5.83. The summed E-state index contributed by atoms with van der Waals surface area (Å²) in [5, 5.41) is 2.96. The number of benzene rings is 1. The van der Waals surface area contributed by atoms with Gasteiger partial charge in [-0.3, -0.25) is 9.59 Å². The summed E-state index contributed by atoms with van der Waals surface area (Å²) in [6, 6.07) is 6.40. The molecule has 2 aliphatic carbocycles. The molecule has 0 aliphatic heterocycles. The summed E-state index contributed by atoms with van der Waals surface area (Å²) in [4.78, 5) is 25.9. The van der Waals surface area contributed by atoms with E-state index in [1.54, 1.807) is 17.0 Å². The first-order valence-electron chi connectivity index (χ1n) is 8.84. The summed E-state index contributed by atoms with van der Waals surface area (Å²) in [5.74, 6) is 0.509. The van der Waals surface area contributed by atoms with Crippen molar-refractivity contribution in [1.82, 2.24) is 10.2 Å². The molecule has 0 saturated heterocycles. The maximum absolute atomic E-state index is 12.9. The highest BCUT2D eigenvalue weighted by Crippen LogP contribution is 2.47. The van der Waals surface area contributed by atoms with Crippen molar-refractivity contribution in [1.29, 1.82) is 0 Å².